The second kappa shape index (κ2) is 6.45. The molecule has 1 N–H and O–H groups in total. The van der Waals surface area contributed by atoms with Crippen LogP contribution in [0.25, 0.3) is 6.08 Å². The van der Waals surface area contributed by atoms with Crippen molar-refractivity contribution in [1.29, 1.82) is 0 Å². The van der Waals surface area contributed by atoms with Crippen molar-refractivity contribution in [2.75, 3.05) is 6.61 Å². The molecule has 0 bridgehead atoms. The van der Waals surface area contributed by atoms with Gasteiger partial charge >= 0.3 is 0 Å². The molecule has 0 aliphatic rings. The summed E-state index contributed by atoms with van der Waals surface area (Å²) in [7, 11) is 0. The number of hydrogen-bond donors (Lipinski definition) is 1. The highest BCUT2D eigenvalue weighted by Gasteiger charge is 2.13. The first-order chi connectivity index (χ1) is 9.32. The van der Waals surface area contributed by atoms with Crippen LogP contribution in [0.1, 0.15) is 29.2 Å². The Morgan fingerprint density at radius 1 is 1.40 bits per heavy atom. The summed E-state index contributed by atoms with van der Waals surface area (Å²) in [6.07, 6.45) is 10.5. The Kier molecular flexibility index (Phi) is 5.19. The zero-order chi connectivity index (χ0) is 15.3. The van der Waals surface area contributed by atoms with Gasteiger partial charge in [0.25, 0.3) is 0 Å². The van der Waals surface area contributed by atoms with Crippen molar-refractivity contribution in [1.82, 2.24) is 0 Å². The molecule has 0 fully saturated rings. The van der Waals surface area contributed by atoms with Gasteiger partial charge in [-0.2, -0.15) is 0 Å². The van der Waals surface area contributed by atoms with Crippen molar-refractivity contribution in [2.45, 2.75) is 33.3 Å². The van der Waals surface area contributed by atoms with Crippen molar-refractivity contribution in [3.63, 3.8) is 0 Å². The zero-order valence-electron chi connectivity index (χ0n) is 12.7. The molecule has 0 heterocycles. The van der Waals surface area contributed by atoms with Crippen LogP contribution in [0.4, 0.5) is 0 Å². The second-order valence-electron chi connectivity index (χ2n) is 5.08. The lowest BCUT2D eigenvalue weighted by Crippen LogP contribution is -2.16. The van der Waals surface area contributed by atoms with Crippen LogP contribution in [-0.2, 0) is 0 Å². The Morgan fingerprint density at radius 2 is 2.05 bits per heavy atom. The second-order valence-corrected chi connectivity index (χ2v) is 5.08. The molecule has 106 valence electrons. The van der Waals surface area contributed by atoms with Crippen LogP contribution in [0.5, 0.6) is 5.75 Å². The monoisotopic (exact) mass is 270 g/mol. The third-order valence-electron chi connectivity index (χ3n) is 3.33. The van der Waals surface area contributed by atoms with Crippen LogP contribution >= 0.6 is 0 Å². The lowest BCUT2D eigenvalue weighted by Gasteiger charge is -2.16. The number of benzene rings is 1. The van der Waals surface area contributed by atoms with Gasteiger partial charge in [-0.05, 0) is 62.1 Å². The summed E-state index contributed by atoms with van der Waals surface area (Å²) in [6, 6.07) is 2.00. The molecule has 0 saturated carbocycles. The fraction of sp³-hybridized carbons (Fsp3) is 0.333. The van der Waals surface area contributed by atoms with Crippen LogP contribution in [0.2, 0.25) is 0 Å². The van der Waals surface area contributed by atoms with Gasteiger partial charge in [0, 0.05) is 0 Å². The number of terminal acetylenes is 1. The quantitative estimate of drug-likeness (QED) is 0.654. The van der Waals surface area contributed by atoms with Gasteiger partial charge in [-0.25, -0.2) is 0 Å². The Morgan fingerprint density at radius 3 is 2.60 bits per heavy atom. The number of hydrogen-bond acceptors (Lipinski definition) is 2. The minimum atomic E-state index is -1.23. The topological polar surface area (TPSA) is 29.5 Å². The fourth-order valence-electron chi connectivity index (χ4n) is 1.91. The summed E-state index contributed by atoms with van der Waals surface area (Å²) in [6.45, 7) is 11.8. The number of rotatable bonds is 5. The molecule has 1 rings (SSSR count). The Labute approximate surface area is 121 Å². The molecule has 2 heteroatoms. The van der Waals surface area contributed by atoms with Gasteiger partial charge in [0.05, 0.1) is 0 Å². The van der Waals surface area contributed by atoms with Gasteiger partial charge in [-0.15, -0.1) is 6.42 Å². The first kappa shape index (κ1) is 16.1. The largest absolute Gasteiger partial charge is 0.489 e. The van der Waals surface area contributed by atoms with Gasteiger partial charge in [-0.3, -0.25) is 0 Å². The maximum absolute atomic E-state index is 9.85. The Bertz CT molecular complexity index is 572. The molecule has 0 aliphatic carbocycles. The van der Waals surface area contributed by atoms with Crippen molar-refractivity contribution < 1.29 is 9.84 Å². The van der Waals surface area contributed by atoms with Crippen molar-refractivity contribution in [2.24, 2.45) is 0 Å². The smallest absolute Gasteiger partial charge is 0.141 e. The van der Waals surface area contributed by atoms with Crippen LogP contribution in [0, 0.1) is 33.1 Å². The minimum Gasteiger partial charge on any atom is -0.489 e. The lowest BCUT2D eigenvalue weighted by molar-refractivity contribution is 0.175. The minimum absolute atomic E-state index is 0.487. The van der Waals surface area contributed by atoms with E-state index in [0.717, 1.165) is 28.0 Å². The van der Waals surface area contributed by atoms with Crippen LogP contribution < -0.4 is 4.74 Å². The third-order valence-corrected chi connectivity index (χ3v) is 3.33. The average Bonchev–Trinajstić information content (AvgIpc) is 2.41. The highest BCUT2D eigenvalue weighted by Crippen LogP contribution is 2.29. The van der Waals surface area contributed by atoms with Gasteiger partial charge in [0.1, 0.15) is 18.0 Å². The van der Waals surface area contributed by atoms with E-state index in [1.165, 1.54) is 0 Å². The molecule has 20 heavy (non-hydrogen) atoms. The molecule has 0 radical (unpaired) electrons. The van der Waals surface area contributed by atoms with Crippen molar-refractivity contribution in [3.05, 3.63) is 47.1 Å². The standard InChI is InChI=1S/C18H22O2/c1-7-11-20-17-12-13(3)16(14(4)15(17)5)9-10-18(6,19)8-2/h2,7,9-10,12,19H,1,11H2,3-6H3/b10-9+. The van der Waals surface area contributed by atoms with Crippen LogP contribution in [0.15, 0.2) is 24.8 Å². The summed E-state index contributed by atoms with van der Waals surface area (Å²) in [5.41, 5.74) is 3.11. The maximum atomic E-state index is 9.85. The van der Waals surface area contributed by atoms with E-state index in [2.05, 4.69) is 12.5 Å². The summed E-state index contributed by atoms with van der Waals surface area (Å²) < 4.78 is 5.65. The third kappa shape index (κ3) is 3.76. The van der Waals surface area contributed by atoms with E-state index in [0.29, 0.717) is 6.61 Å². The summed E-state index contributed by atoms with van der Waals surface area (Å²) in [4.78, 5) is 0. The molecule has 1 aromatic rings. The molecule has 0 saturated heterocycles. The number of ether oxygens (including phenoxy) is 1. The highest BCUT2D eigenvalue weighted by atomic mass is 16.5. The molecule has 1 unspecified atom stereocenters. The van der Waals surface area contributed by atoms with E-state index in [1.807, 2.05) is 32.9 Å². The summed E-state index contributed by atoms with van der Waals surface area (Å²) in [5.74, 6) is 3.20. The molecule has 0 spiro atoms. The summed E-state index contributed by atoms with van der Waals surface area (Å²) in [5, 5.41) is 9.85. The van der Waals surface area contributed by atoms with Crippen LogP contribution in [-0.4, -0.2) is 17.3 Å². The van der Waals surface area contributed by atoms with Crippen molar-refractivity contribution in [3.8, 4) is 18.1 Å². The van der Waals surface area contributed by atoms with Gasteiger partial charge in [-0.1, -0.05) is 24.7 Å². The number of aryl methyl sites for hydroxylation is 1. The lowest BCUT2D eigenvalue weighted by atomic mass is 9.95. The van der Waals surface area contributed by atoms with E-state index in [-0.39, 0.29) is 0 Å². The summed E-state index contributed by atoms with van der Waals surface area (Å²) >= 11 is 0. The van der Waals surface area contributed by atoms with E-state index >= 15 is 0 Å². The first-order valence-electron chi connectivity index (χ1n) is 6.56. The first-order valence-corrected chi connectivity index (χ1v) is 6.56. The predicted molar refractivity (Wildman–Crippen MR) is 84.8 cm³/mol. The SMILES string of the molecule is C#CC(C)(O)/C=C/c1c(C)cc(OCC=C)c(C)c1C. The normalized spacial score (nSPS) is 13.8. The van der Waals surface area contributed by atoms with E-state index in [1.54, 1.807) is 19.1 Å². The molecule has 0 amide bonds. The predicted octanol–water partition coefficient (Wildman–Crippen LogP) is 3.57. The average molecular weight is 270 g/mol. The molecular weight excluding hydrogens is 248 g/mol. The van der Waals surface area contributed by atoms with Gasteiger partial charge in [0.15, 0.2) is 0 Å². The van der Waals surface area contributed by atoms with E-state index < -0.39 is 5.60 Å². The van der Waals surface area contributed by atoms with E-state index in [4.69, 9.17) is 11.2 Å². The molecular formula is C18H22O2. The molecule has 0 aliphatic heterocycles. The van der Waals surface area contributed by atoms with E-state index in [9.17, 15) is 5.11 Å². The van der Waals surface area contributed by atoms with Gasteiger partial charge < -0.3 is 9.84 Å². The van der Waals surface area contributed by atoms with Crippen LogP contribution in [0.3, 0.4) is 0 Å². The molecule has 0 aromatic heterocycles. The number of aliphatic hydroxyl groups is 1. The fourth-order valence-corrected chi connectivity index (χ4v) is 1.91. The molecule has 2 nitrogen and oxygen atoms in total. The van der Waals surface area contributed by atoms with Crippen molar-refractivity contribution >= 4 is 6.08 Å². The van der Waals surface area contributed by atoms with Gasteiger partial charge in [0.2, 0.25) is 0 Å². The maximum Gasteiger partial charge on any atom is 0.141 e. The molecule has 1 atom stereocenters. The molecule has 1 aromatic carbocycles. The Balaban J connectivity index is 3.21. The Hall–Kier alpha value is -1.98. The zero-order valence-corrected chi connectivity index (χ0v) is 12.7. The highest BCUT2D eigenvalue weighted by molar-refractivity contribution is 5.63.